The standard InChI is InChI=1S/C10H12FNO3S/c1-12-6-8(13)10-7(11)4-3-5-9(10)16(2,14)15/h3-5,12H,6H2,1-2H3. The monoisotopic (exact) mass is 245 g/mol. The highest BCUT2D eigenvalue weighted by Crippen LogP contribution is 2.19. The van der Waals surface area contributed by atoms with E-state index in [0.29, 0.717) is 0 Å². The van der Waals surface area contributed by atoms with Crippen LogP contribution in [0.3, 0.4) is 0 Å². The smallest absolute Gasteiger partial charge is 0.180 e. The summed E-state index contributed by atoms with van der Waals surface area (Å²) in [7, 11) is -2.08. The fraction of sp³-hybridized carbons (Fsp3) is 0.300. The molecule has 16 heavy (non-hydrogen) atoms. The molecule has 0 atom stereocenters. The minimum absolute atomic E-state index is 0.108. The Bertz CT molecular complexity index is 511. The van der Waals surface area contributed by atoms with E-state index < -0.39 is 21.4 Å². The number of halogens is 1. The summed E-state index contributed by atoms with van der Waals surface area (Å²) in [6.45, 7) is -0.108. The van der Waals surface area contributed by atoms with Gasteiger partial charge in [-0.05, 0) is 19.2 Å². The van der Waals surface area contributed by atoms with Gasteiger partial charge in [-0.15, -0.1) is 0 Å². The third-order valence-electron chi connectivity index (χ3n) is 1.99. The van der Waals surface area contributed by atoms with Gasteiger partial charge < -0.3 is 5.32 Å². The third-order valence-corrected chi connectivity index (χ3v) is 3.13. The van der Waals surface area contributed by atoms with Gasteiger partial charge in [-0.2, -0.15) is 0 Å². The number of likely N-dealkylation sites (N-methyl/N-ethyl adjacent to an activating group) is 1. The lowest BCUT2D eigenvalue weighted by atomic mass is 10.1. The van der Waals surface area contributed by atoms with Crippen molar-refractivity contribution in [2.75, 3.05) is 19.8 Å². The Morgan fingerprint density at radius 2 is 2.06 bits per heavy atom. The molecule has 88 valence electrons. The lowest BCUT2D eigenvalue weighted by molar-refractivity contribution is 0.0986. The molecule has 1 aromatic rings. The van der Waals surface area contributed by atoms with Crippen LogP contribution in [0.5, 0.6) is 0 Å². The number of nitrogens with one attached hydrogen (secondary N) is 1. The zero-order valence-corrected chi connectivity index (χ0v) is 9.77. The van der Waals surface area contributed by atoms with Crippen molar-refractivity contribution in [3.8, 4) is 0 Å². The van der Waals surface area contributed by atoms with E-state index >= 15 is 0 Å². The van der Waals surface area contributed by atoms with Crippen LogP contribution in [0.25, 0.3) is 0 Å². The van der Waals surface area contributed by atoms with E-state index in [9.17, 15) is 17.6 Å². The van der Waals surface area contributed by atoms with E-state index in [1.807, 2.05) is 0 Å². The van der Waals surface area contributed by atoms with Crippen molar-refractivity contribution in [2.45, 2.75) is 4.90 Å². The highest BCUT2D eigenvalue weighted by molar-refractivity contribution is 7.90. The van der Waals surface area contributed by atoms with Crippen LogP contribution in [-0.4, -0.2) is 34.0 Å². The predicted octanol–water partition coefficient (Wildman–Crippen LogP) is 0.631. The van der Waals surface area contributed by atoms with Crippen molar-refractivity contribution in [3.05, 3.63) is 29.6 Å². The molecule has 0 aliphatic carbocycles. The molecule has 0 heterocycles. The van der Waals surface area contributed by atoms with Gasteiger partial charge in [0.15, 0.2) is 15.6 Å². The molecule has 0 bridgehead atoms. The number of carbonyl (C=O) groups is 1. The summed E-state index contributed by atoms with van der Waals surface area (Å²) in [4.78, 5) is 11.3. The summed E-state index contributed by atoms with van der Waals surface area (Å²) in [5, 5.41) is 2.56. The Labute approximate surface area is 93.4 Å². The molecule has 0 fully saturated rings. The number of rotatable bonds is 4. The number of Topliss-reactive ketones (excluding diaryl/α,β-unsaturated/α-hetero) is 1. The molecule has 0 aliphatic heterocycles. The molecule has 0 saturated carbocycles. The second kappa shape index (κ2) is 4.71. The average Bonchev–Trinajstić information content (AvgIpc) is 2.16. The van der Waals surface area contributed by atoms with Gasteiger partial charge in [-0.3, -0.25) is 4.79 Å². The number of carbonyl (C=O) groups excluding carboxylic acids is 1. The van der Waals surface area contributed by atoms with E-state index in [0.717, 1.165) is 12.3 Å². The number of sulfone groups is 1. The van der Waals surface area contributed by atoms with Crippen LogP contribution < -0.4 is 5.32 Å². The highest BCUT2D eigenvalue weighted by atomic mass is 32.2. The molecular formula is C10H12FNO3S. The van der Waals surface area contributed by atoms with Crippen LogP contribution in [0.4, 0.5) is 4.39 Å². The molecule has 0 radical (unpaired) electrons. The Hall–Kier alpha value is -1.27. The van der Waals surface area contributed by atoms with Crippen molar-refractivity contribution in [1.82, 2.24) is 5.32 Å². The topological polar surface area (TPSA) is 63.2 Å². The zero-order valence-electron chi connectivity index (χ0n) is 8.95. The average molecular weight is 245 g/mol. The maximum absolute atomic E-state index is 13.4. The van der Waals surface area contributed by atoms with Gasteiger partial charge in [0.1, 0.15) is 5.82 Å². The van der Waals surface area contributed by atoms with E-state index in [1.54, 1.807) is 0 Å². The van der Waals surface area contributed by atoms with Crippen LogP contribution in [0, 0.1) is 5.82 Å². The zero-order chi connectivity index (χ0) is 12.3. The largest absolute Gasteiger partial charge is 0.313 e. The van der Waals surface area contributed by atoms with Gasteiger partial charge in [-0.25, -0.2) is 12.8 Å². The summed E-state index contributed by atoms with van der Waals surface area (Å²) < 4.78 is 36.2. The lowest BCUT2D eigenvalue weighted by Crippen LogP contribution is -2.22. The minimum atomic E-state index is -3.61. The molecule has 0 aromatic heterocycles. The Morgan fingerprint density at radius 3 is 2.56 bits per heavy atom. The first-order valence-corrected chi connectivity index (χ1v) is 6.43. The quantitative estimate of drug-likeness (QED) is 0.790. The number of hydrogen-bond donors (Lipinski definition) is 1. The van der Waals surface area contributed by atoms with Crippen LogP contribution in [0.15, 0.2) is 23.1 Å². The Morgan fingerprint density at radius 1 is 1.44 bits per heavy atom. The Kier molecular flexibility index (Phi) is 3.77. The lowest BCUT2D eigenvalue weighted by Gasteiger charge is -2.07. The third kappa shape index (κ3) is 2.65. The summed E-state index contributed by atoms with van der Waals surface area (Å²) in [5.74, 6) is -1.40. The van der Waals surface area contributed by atoms with Gasteiger partial charge in [0.25, 0.3) is 0 Å². The van der Waals surface area contributed by atoms with Gasteiger partial charge >= 0.3 is 0 Å². The van der Waals surface area contributed by atoms with Crippen molar-refractivity contribution < 1.29 is 17.6 Å². The van der Waals surface area contributed by atoms with Crippen molar-refractivity contribution in [3.63, 3.8) is 0 Å². The van der Waals surface area contributed by atoms with Gasteiger partial charge in [-0.1, -0.05) is 6.07 Å². The molecule has 0 amide bonds. The summed E-state index contributed by atoms with van der Waals surface area (Å²) in [6, 6.07) is 3.56. The van der Waals surface area contributed by atoms with Crippen molar-refractivity contribution in [1.29, 1.82) is 0 Å². The minimum Gasteiger partial charge on any atom is -0.313 e. The maximum atomic E-state index is 13.4. The highest BCUT2D eigenvalue weighted by Gasteiger charge is 2.21. The molecule has 6 heteroatoms. The first-order valence-electron chi connectivity index (χ1n) is 4.54. The summed E-state index contributed by atoms with van der Waals surface area (Å²) in [6.07, 6.45) is 0.942. The number of benzene rings is 1. The fourth-order valence-electron chi connectivity index (χ4n) is 1.33. The normalized spacial score (nSPS) is 11.4. The van der Waals surface area contributed by atoms with Gasteiger partial charge in [0.2, 0.25) is 0 Å². The first-order chi connectivity index (χ1) is 7.38. The molecule has 0 aliphatic rings. The molecule has 1 aromatic carbocycles. The van der Waals surface area contributed by atoms with Crippen molar-refractivity contribution >= 4 is 15.6 Å². The number of hydrogen-bond acceptors (Lipinski definition) is 4. The SMILES string of the molecule is CNCC(=O)c1c(F)cccc1S(C)(=O)=O. The van der Waals surface area contributed by atoms with Crippen LogP contribution in [0.1, 0.15) is 10.4 Å². The molecule has 0 spiro atoms. The van der Waals surface area contributed by atoms with Gasteiger partial charge in [0, 0.05) is 6.26 Å². The van der Waals surface area contributed by atoms with Crippen LogP contribution >= 0.6 is 0 Å². The summed E-state index contributed by atoms with van der Waals surface area (Å²) >= 11 is 0. The number of ketones is 1. The molecule has 0 saturated heterocycles. The first kappa shape index (κ1) is 12.8. The molecule has 0 unspecified atom stereocenters. The summed E-state index contributed by atoms with van der Waals surface area (Å²) in [5.41, 5.74) is -0.376. The van der Waals surface area contributed by atoms with E-state index in [1.165, 1.54) is 19.2 Å². The maximum Gasteiger partial charge on any atom is 0.180 e. The van der Waals surface area contributed by atoms with Crippen molar-refractivity contribution in [2.24, 2.45) is 0 Å². The van der Waals surface area contributed by atoms with E-state index in [2.05, 4.69) is 5.32 Å². The second-order valence-corrected chi connectivity index (χ2v) is 5.32. The molecule has 1 N–H and O–H groups in total. The molecular weight excluding hydrogens is 233 g/mol. The molecule has 4 nitrogen and oxygen atoms in total. The van der Waals surface area contributed by atoms with E-state index in [4.69, 9.17) is 0 Å². The Balaban J connectivity index is 3.41. The second-order valence-electron chi connectivity index (χ2n) is 3.34. The van der Waals surface area contributed by atoms with Crippen LogP contribution in [-0.2, 0) is 9.84 Å². The predicted molar refractivity (Wildman–Crippen MR) is 57.8 cm³/mol. The van der Waals surface area contributed by atoms with E-state index in [-0.39, 0.29) is 17.0 Å². The molecule has 1 rings (SSSR count). The fourth-order valence-corrected chi connectivity index (χ4v) is 2.24. The van der Waals surface area contributed by atoms with Crippen LogP contribution in [0.2, 0.25) is 0 Å². The van der Waals surface area contributed by atoms with Gasteiger partial charge in [0.05, 0.1) is 17.0 Å².